The van der Waals surface area contributed by atoms with Gasteiger partial charge >= 0.3 is 0 Å². The predicted octanol–water partition coefficient (Wildman–Crippen LogP) is 2.77. The van der Waals surface area contributed by atoms with Gasteiger partial charge in [0.05, 0.1) is 0 Å². The first-order valence-electron chi connectivity index (χ1n) is 5.63. The summed E-state index contributed by atoms with van der Waals surface area (Å²) in [6.07, 6.45) is 0.710. The van der Waals surface area contributed by atoms with Crippen molar-refractivity contribution in [2.24, 2.45) is 0 Å². The van der Waals surface area contributed by atoms with E-state index in [1.807, 2.05) is 6.07 Å². The molecule has 0 radical (unpaired) electrons. The highest BCUT2D eigenvalue weighted by atomic mass is 16.1. The second-order valence-corrected chi connectivity index (χ2v) is 3.83. The van der Waals surface area contributed by atoms with Crippen molar-refractivity contribution in [3.05, 3.63) is 65.2 Å². The molecule has 2 rings (SSSR count). The van der Waals surface area contributed by atoms with E-state index in [1.54, 1.807) is 49.5 Å². The average Bonchev–Trinajstić information content (AvgIpc) is 2.46. The van der Waals surface area contributed by atoms with E-state index in [2.05, 4.69) is 5.32 Å². The average molecular weight is 239 g/mol. The smallest absolute Gasteiger partial charge is 0.193 e. The maximum absolute atomic E-state index is 12.3. The van der Waals surface area contributed by atoms with Crippen LogP contribution in [-0.2, 0) is 0 Å². The monoisotopic (exact) mass is 239 g/mol. The molecule has 0 spiro atoms. The molecule has 0 unspecified atom stereocenters. The predicted molar refractivity (Wildman–Crippen MR) is 71.3 cm³/mol. The number of hydrogen-bond donors (Lipinski definition) is 1. The summed E-state index contributed by atoms with van der Waals surface area (Å²) in [5.41, 5.74) is 2.05. The van der Waals surface area contributed by atoms with Crippen LogP contribution in [0.5, 0.6) is 0 Å². The van der Waals surface area contributed by atoms with Crippen molar-refractivity contribution in [3.63, 3.8) is 0 Å². The first kappa shape index (κ1) is 12.0. The molecule has 2 aromatic rings. The normalized spacial score (nSPS) is 9.83. The van der Waals surface area contributed by atoms with Gasteiger partial charge in [-0.2, -0.15) is 0 Å². The van der Waals surface area contributed by atoms with Crippen LogP contribution in [0.3, 0.4) is 0 Å². The molecule has 1 N–H and O–H groups in total. The second kappa shape index (κ2) is 5.27. The first-order chi connectivity index (χ1) is 8.77. The van der Waals surface area contributed by atoms with Crippen LogP contribution >= 0.6 is 0 Å². The van der Waals surface area contributed by atoms with Crippen molar-refractivity contribution in [3.8, 4) is 0 Å². The van der Waals surface area contributed by atoms with Crippen LogP contribution in [0.1, 0.15) is 26.3 Å². The molecule has 0 saturated carbocycles. The van der Waals surface area contributed by atoms with Gasteiger partial charge in [0.1, 0.15) is 0 Å². The Morgan fingerprint density at radius 2 is 1.78 bits per heavy atom. The van der Waals surface area contributed by atoms with Gasteiger partial charge in [0.25, 0.3) is 0 Å². The molecule has 18 heavy (non-hydrogen) atoms. The number of ketones is 1. The number of nitrogens with one attached hydrogen (secondary N) is 1. The molecule has 3 heteroatoms. The lowest BCUT2D eigenvalue weighted by atomic mass is 9.98. The number of hydrogen-bond acceptors (Lipinski definition) is 3. The number of benzene rings is 2. The minimum atomic E-state index is -0.144. The number of rotatable bonds is 4. The van der Waals surface area contributed by atoms with Crippen molar-refractivity contribution in [2.45, 2.75) is 0 Å². The number of aldehydes is 1. The van der Waals surface area contributed by atoms with Gasteiger partial charge < -0.3 is 5.32 Å². The summed E-state index contributed by atoms with van der Waals surface area (Å²) >= 11 is 0. The van der Waals surface area contributed by atoms with Gasteiger partial charge in [-0.25, -0.2) is 0 Å². The van der Waals surface area contributed by atoms with E-state index in [-0.39, 0.29) is 5.78 Å². The highest BCUT2D eigenvalue weighted by molar-refractivity contribution is 6.14. The van der Waals surface area contributed by atoms with E-state index in [9.17, 15) is 9.59 Å². The molecule has 3 nitrogen and oxygen atoms in total. The lowest BCUT2D eigenvalue weighted by Crippen LogP contribution is -2.07. The lowest BCUT2D eigenvalue weighted by Gasteiger charge is -2.09. The Morgan fingerprint density at radius 3 is 2.39 bits per heavy atom. The lowest BCUT2D eigenvalue weighted by molar-refractivity contribution is 0.103. The Morgan fingerprint density at radius 1 is 1.06 bits per heavy atom. The zero-order valence-electron chi connectivity index (χ0n) is 10.0. The molecule has 0 aliphatic rings. The third kappa shape index (κ3) is 2.15. The van der Waals surface area contributed by atoms with E-state index in [0.717, 1.165) is 0 Å². The summed E-state index contributed by atoms with van der Waals surface area (Å²) < 4.78 is 0. The van der Waals surface area contributed by atoms with Gasteiger partial charge in [-0.3, -0.25) is 9.59 Å². The Balaban J connectivity index is 2.52. The standard InChI is InChI=1S/C15H13NO2/c1-16-14-9-5-8-12(13(14)10-17)15(18)11-6-3-2-4-7-11/h2-10,16H,1H3. The largest absolute Gasteiger partial charge is 0.388 e. The quantitative estimate of drug-likeness (QED) is 0.659. The molecule has 0 heterocycles. The SMILES string of the molecule is CNc1cccc(C(=O)c2ccccc2)c1C=O. The Bertz CT molecular complexity index is 576. The number of carbonyl (C=O) groups excluding carboxylic acids is 2. The highest BCUT2D eigenvalue weighted by Gasteiger charge is 2.15. The van der Waals surface area contributed by atoms with Crippen LogP contribution < -0.4 is 5.32 Å². The van der Waals surface area contributed by atoms with E-state index >= 15 is 0 Å². The molecule has 0 saturated heterocycles. The van der Waals surface area contributed by atoms with Gasteiger partial charge in [-0.15, -0.1) is 0 Å². The minimum absolute atomic E-state index is 0.144. The fraction of sp³-hybridized carbons (Fsp3) is 0.0667. The van der Waals surface area contributed by atoms with Gasteiger partial charge in [-0.05, 0) is 6.07 Å². The van der Waals surface area contributed by atoms with Crippen LogP contribution in [0.2, 0.25) is 0 Å². The summed E-state index contributed by atoms with van der Waals surface area (Å²) in [4.78, 5) is 23.5. The van der Waals surface area contributed by atoms with Crippen molar-refractivity contribution < 1.29 is 9.59 Å². The van der Waals surface area contributed by atoms with Gasteiger partial charge in [0.15, 0.2) is 12.1 Å². The molecule has 0 aromatic heterocycles. The van der Waals surface area contributed by atoms with Crippen LogP contribution in [0.25, 0.3) is 0 Å². The molecule has 0 aliphatic heterocycles. The maximum Gasteiger partial charge on any atom is 0.193 e. The van der Waals surface area contributed by atoms with Crippen LogP contribution in [0, 0.1) is 0 Å². The zero-order valence-corrected chi connectivity index (χ0v) is 10.0. The van der Waals surface area contributed by atoms with Crippen molar-refractivity contribution in [2.75, 3.05) is 12.4 Å². The number of anilines is 1. The van der Waals surface area contributed by atoms with Crippen LogP contribution in [0.4, 0.5) is 5.69 Å². The fourth-order valence-electron chi connectivity index (χ4n) is 1.85. The summed E-state index contributed by atoms with van der Waals surface area (Å²) in [5.74, 6) is -0.144. The summed E-state index contributed by atoms with van der Waals surface area (Å²) in [6, 6.07) is 14.1. The fourth-order valence-corrected chi connectivity index (χ4v) is 1.85. The Kier molecular flexibility index (Phi) is 3.53. The number of carbonyl (C=O) groups is 2. The van der Waals surface area contributed by atoms with E-state index in [0.29, 0.717) is 28.7 Å². The van der Waals surface area contributed by atoms with Gasteiger partial charge in [0.2, 0.25) is 0 Å². The minimum Gasteiger partial charge on any atom is -0.388 e. The third-order valence-electron chi connectivity index (χ3n) is 2.77. The molecule has 0 aliphatic carbocycles. The summed E-state index contributed by atoms with van der Waals surface area (Å²) in [7, 11) is 1.72. The van der Waals surface area contributed by atoms with E-state index < -0.39 is 0 Å². The molecule has 0 amide bonds. The molecule has 90 valence electrons. The van der Waals surface area contributed by atoms with Crippen molar-refractivity contribution >= 4 is 17.8 Å². The van der Waals surface area contributed by atoms with Crippen molar-refractivity contribution in [1.82, 2.24) is 0 Å². The Hall–Kier alpha value is -2.42. The summed E-state index contributed by atoms with van der Waals surface area (Å²) in [5, 5.41) is 2.91. The topological polar surface area (TPSA) is 46.2 Å². The maximum atomic E-state index is 12.3. The molecule has 0 fully saturated rings. The third-order valence-corrected chi connectivity index (χ3v) is 2.77. The van der Waals surface area contributed by atoms with Gasteiger partial charge in [0, 0.05) is 29.4 Å². The molecular formula is C15H13NO2. The second-order valence-electron chi connectivity index (χ2n) is 3.83. The molecule has 0 bridgehead atoms. The summed E-state index contributed by atoms with van der Waals surface area (Å²) in [6.45, 7) is 0. The highest BCUT2D eigenvalue weighted by Crippen LogP contribution is 2.20. The van der Waals surface area contributed by atoms with E-state index in [1.165, 1.54) is 0 Å². The Labute approximate surface area is 105 Å². The van der Waals surface area contributed by atoms with Crippen LogP contribution in [-0.4, -0.2) is 19.1 Å². The molecular weight excluding hydrogens is 226 g/mol. The molecule has 2 aromatic carbocycles. The van der Waals surface area contributed by atoms with Crippen LogP contribution in [0.15, 0.2) is 48.5 Å². The van der Waals surface area contributed by atoms with E-state index in [4.69, 9.17) is 0 Å². The van der Waals surface area contributed by atoms with Gasteiger partial charge in [-0.1, -0.05) is 42.5 Å². The molecule has 0 atom stereocenters. The first-order valence-corrected chi connectivity index (χ1v) is 5.63. The zero-order chi connectivity index (χ0) is 13.0. The van der Waals surface area contributed by atoms with Crippen molar-refractivity contribution in [1.29, 1.82) is 0 Å².